The molecule has 170 valence electrons. The van der Waals surface area contributed by atoms with Gasteiger partial charge in [0.1, 0.15) is 6.04 Å². The highest BCUT2D eigenvalue weighted by atomic mass is 32.2. The van der Waals surface area contributed by atoms with Crippen LogP contribution >= 0.6 is 0 Å². The fourth-order valence-corrected chi connectivity index (χ4v) is 5.94. The van der Waals surface area contributed by atoms with Crippen LogP contribution in [0, 0.1) is 0 Å². The second-order valence-electron chi connectivity index (χ2n) is 8.10. The van der Waals surface area contributed by atoms with Crippen LogP contribution in [0.25, 0.3) is 0 Å². The predicted octanol–water partition coefficient (Wildman–Crippen LogP) is 1.62. The maximum Gasteiger partial charge on any atom is 0.243 e. The van der Waals surface area contributed by atoms with Crippen LogP contribution in [-0.4, -0.2) is 79.6 Å². The average Bonchev–Trinajstić information content (AvgIpc) is 3.31. The summed E-state index contributed by atoms with van der Waals surface area (Å²) in [6.07, 6.45) is 1.20. The summed E-state index contributed by atoms with van der Waals surface area (Å²) in [5.41, 5.74) is 0.757. The van der Waals surface area contributed by atoms with Crippen molar-refractivity contribution in [2.45, 2.75) is 23.8 Å². The van der Waals surface area contributed by atoms with Gasteiger partial charge in [-0.2, -0.15) is 4.31 Å². The first-order valence-corrected chi connectivity index (χ1v) is 12.3. The van der Waals surface area contributed by atoms with Crippen molar-refractivity contribution in [2.24, 2.45) is 0 Å². The Hall–Kier alpha value is -2.75. The van der Waals surface area contributed by atoms with Crippen molar-refractivity contribution in [3.05, 3.63) is 60.7 Å². The zero-order chi connectivity index (χ0) is 22.6. The fraction of sp³-hybridized carbons (Fsp3) is 0.391. The Morgan fingerprint density at radius 1 is 0.875 bits per heavy atom. The summed E-state index contributed by atoms with van der Waals surface area (Å²) >= 11 is 0. The predicted molar refractivity (Wildman–Crippen MR) is 121 cm³/mol. The normalized spacial score (nSPS) is 20.2. The highest BCUT2D eigenvalue weighted by Gasteiger charge is 2.41. The third-order valence-electron chi connectivity index (χ3n) is 5.95. The summed E-state index contributed by atoms with van der Waals surface area (Å²) in [7, 11) is -3.71. The van der Waals surface area contributed by atoms with Gasteiger partial charge in [0.25, 0.3) is 0 Å². The highest BCUT2D eigenvalue weighted by Crippen LogP contribution is 2.27. The summed E-state index contributed by atoms with van der Waals surface area (Å²) in [5, 5.41) is 2.87. The smallest absolute Gasteiger partial charge is 0.243 e. The largest absolute Gasteiger partial charge is 0.339 e. The van der Waals surface area contributed by atoms with Crippen LogP contribution in [-0.2, 0) is 19.6 Å². The maximum atomic E-state index is 13.2. The Morgan fingerprint density at radius 3 is 2.16 bits per heavy atom. The summed E-state index contributed by atoms with van der Waals surface area (Å²) in [4.78, 5) is 29.4. The molecule has 1 atom stereocenters. The minimum absolute atomic E-state index is 0.0908. The first-order valence-electron chi connectivity index (χ1n) is 10.9. The Balaban J connectivity index is 1.32. The molecular formula is C23H28N4O4S. The molecule has 2 fully saturated rings. The molecule has 2 amide bonds. The van der Waals surface area contributed by atoms with Crippen molar-refractivity contribution in [1.29, 1.82) is 0 Å². The molecule has 4 rings (SSSR count). The van der Waals surface area contributed by atoms with Gasteiger partial charge in [-0.15, -0.1) is 0 Å². The van der Waals surface area contributed by atoms with Gasteiger partial charge in [-0.25, -0.2) is 8.42 Å². The molecule has 0 saturated carbocycles. The van der Waals surface area contributed by atoms with Crippen LogP contribution in [0.5, 0.6) is 0 Å². The second-order valence-corrected chi connectivity index (χ2v) is 9.99. The number of para-hydroxylation sites is 1. The molecule has 2 saturated heterocycles. The zero-order valence-corrected chi connectivity index (χ0v) is 18.7. The molecule has 2 aromatic carbocycles. The number of sulfonamides is 1. The van der Waals surface area contributed by atoms with E-state index in [0.29, 0.717) is 45.6 Å². The van der Waals surface area contributed by atoms with E-state index in [1.54, 1.807) is 35.2 Å². The molecule has 1 unspecified atom stereocenters. The van der Waals surface area contributed by atoms with Crippen molar-refractivity contribution in [2.75, 3.05) is 44.6 Å². The molecule has 0 radical (unpaired) electrons. The Kier molecular flexibility index (Phi) is 6.88. The zero-order valence-electron chi connectivity index (χ0n) is 17.9. The SMILES string of the molecule is O=C(CN1CCN(C(=O)C2CCCN2S(=O)(=O)c2ccccc2)CC1)Nc1ccccc1. The summed E-state index contributed by atoms with van der Waals surface area (Å²) in [6.45, 7) is 2.72. The Labute approximate surface area is 188 Å². The molecule has 0 aliphatic carbocycles. The monoisotopic (exact) mass is 456 g/mol. The van der Waals surface area contributed by atoms with Crippen molar-refractivity contribution in [1.82, 2.24) is 14.1 Å². The van der Waals surface area contributed by atoms with Gasteiger partial charge in [-0.3, -0.25) is 14.5 Å². The number of nitrogens with zero attached hydrogens (tertiary/aromatic N) is 3. The number of anilines is 1. The van der Waals surface area contributed by atoms with Crippen LogP contribution in [0.2, 0.25) is 0 Å². The number of benzene rings is 2. The molecule has 1 N–H and O–H groups in total. The molecule has 2 aromatic rings. The topological polar surface area (TPSA) is 90.0 Å². The first-order chi connectivity index (χ1) is 15.4. The molecule has 0 aromatic heterocycles. The average molecular weight is 457 g/mol. The van der Waals surface area contributed by atoms with E-state index < -0.39 is 16.1 Å². The van der Waals surface area contributed by atoms with E-state index in [0.717, 1.165) is 5.69 Å². The fourth-order valence-electron chi connectivity index (χ4n) is 4.26. The van der Waals surface area contributed by atoms with E-state index in [4.69, 9.17) is 0 Å². The number of amides is 2. The van der Waals surface area contributed by atoms with E-state index in [2.05, 4.69) is 5.32 Å². The van der Waals surface area contributed by atoms with E-state index in [1.807, 2.05) is 35.2 Å². The van der Waals surface area contributed by atoms with Gasteiger partial charge in [0.05, 0.1) is 11.4 Å². The minimum atomic E-state index is -3.71. The first kappa shape index (κ1) is 22.4. The lowest BCUT2D eigenvalue weighted by atomic mass is 10.2. The van der Waals surface area contributed by atoms with Gasteiger partial charge in [0, 0.05) is 38.4 Å². The molecule has 9 heteroatoms. The minimum Gasteiger partial charge on any atom is -0.339 e. The highest BCUT2D eigenvalue weighted by molar-refractivity contribution is 7.89. The summed E-state index contributed by atoms with van der Waals surface area (Å²) < 4.78 is 27.5. The molecule has 8 nitrogen and oxygen atoms in total. The number of hydrogen-bond donors (Lipinski definition) is 1. The molecule has 32 heavy (non-hydrogen) atoms. The lowest BCUT2D eigenvalue weighted by Crippen LogP contribution is -2.55. The molecule has 0 bridgehead atoms. The number of hydrogen-bond acceptors (Lipinski definition) is 5. The maximum absolute atomic E-state index is 13.2. The number of nitrogens with one attached hydrogen (secondary N) is 1. The molecule has 0 spiro atoms. The third-order valence-corrected chi connectivity index (χ3v) is 7.87. The number of rotatable bonds is 6. The van der Waals surface area contributed by atoms with Crippen molar-refractivity contribution in [3.8, 4) is 0 Å². The van der Waals surface area contributed by atoms with Gasteiger partial charge in [-0.1, -0.05) is 36.4 Å². The second kappa shape index (κ2) is 9.81. The van der Waals surface area contributed by atoms with E-state index >= 15 is 0 Å². The van der Waals surface area contributed by atoms with Gasteiger partial charge >= 0.3 is 0 Å². The molecule has 2 aliphatic rings. The summed E-state index contributed by atoms with van der Waals surface area (Å²) in [5.74, 6) is -0.234. The van der Waals surface area contributed by atoms with E-state index in [-0.39, 0.29) is 23.3 Å². The van der Waals surface area contributed by atoms with Gasteiger partial charge in [-0.05, 0) is 37.1 Å². The van der Waals surface area contributed by atoms with Crippen LogP contribution < -0.4 is 5.32 Å². The number of piperazine rings is 1. The van der Waals surface area contributed by atoms with Crippen LogP contribution in [0.1, 0.15) is 12.8 Å². The van der Waals surface area contributed by atoms with Gasteiger partial charge in [0.15, 0.2) is 0 Å². The van der Waals surface area contributed by atoms with E-state index in [9.17, 15) is 18.0 Å². The number of carbonyl (C=O) groups is 2. The molecule has 2 aliphatic heterocycles. The molecule has 2 heterocycles. The van der Waals surface area contributed by atoms with Crippen LogP contribution in [0.15, 0.2) is 65.6 Å². The van der Waals surface area contributed by atoms with Gasteiger partial charge in [0.2, 0.25) is 21.8 Å². The lowest BCUT2D eigenvalue weighted by molar-refractivity contribution is -0.136. The lowest BCUT2D eigenvalue weighted by Gasteiger charge is -2.36. The Morgan fingerprint density at radius 2 is 1.50 bits per heavy atom. The standard InChI is InChI=1S/C23H28N4O4S/c28-22(24-19-8-3-1-4-9-19)18-25-14-16-26(17-15-25)23(29)21-12-7-13-27(21)32(30,31)20-10-5-2-6-11-20/h1-6,8-11,21H,7,12-18H2,(H,24,28). The van der Waals surface area contributed by atoms with Crippen molar-refractivity contribution < 1.29 is 18.0 Å². The van der Waals surface area contributed by atoms with Crippen molar-refractivity contribution >= 4 is 27.5 Å². The number of carbonyl (C=O) groups excluding carboxylic acids is 2. The third kappa shape index (κ3) is 5.01. The summed E-state index contributed by atoms with van der Waals surface area (Å²) in [6, 6.07) is 16.9. The van der Waals surface area contributed by atoms with E-state index in [1.165, 1.54) is 4.31 Å². The van der Waals surface area contributed by atoms with Crippen molar-refractivity contribution in [3.63, 3.8) is 0 Å². The van der Waals surface area contributed by atoms with Crippen LogP contribution in [0.4, 0.5) is 5.69 Å². The Bertz CT molecular complexity index is 1040. The van der Waals surface area contributed by atoms with Gasteiger partial charge < -0.3 is 10.2 Å². The quantitative estimate of drug-likeness (QED) is 0.714. The van der Waals surface area contributed by atoms with Crippen LogP contribution in [0.3, 0.4) is 0 Å². The molecular weight excluding hydrogens is 428 g/mol.